The Kier molecular flexibility index (Phi) is 39.1. The first-order chi connectivity index (χ1) is 30.2. The van der Waals surface area contributed by atoms with Gasteiger partial charge in [0.05, 0.1) is 26.4 Å². The smallest absolute Gasteiger partial charge is 0.462 e. The fourth-order valence-electron chi connectivity index (χ4n) is 6.10. The maximum atomic E-state index is 12.7. The molecular weight excluding hydrogens is 862 g/mol. The molecule has 63 heavy (non-hydrogen) atoms. The quantitative estimate of drug-likeness (QED) is 0.0223. The molecule has 372 valence electrons. The van der Waals surface area contributed by atoms with Crippen molar-refractivity contribution in [2.24, 2.45) is 0 Å². The van der Waals surface area contributed by atoms with Crippen molar-refractivity contribution in [2.45, 2.75) is 219 Å². The van der Waals surface area contributed by atoms with Crippen LogP contribution in [0.5, 0.6) is 0 Å². The summed E-state index contributed by atoms with van der Waals surface area (Å²) in [6.07, 6.45) is 18.7. The second-order valence-corrected chi connectivity index (χ2v) is 19.0. The Morgan fingerprint density at radius 3 is 0.984 bits per heavy atom. The topological polar surface area (TPSA) is 237 Å². The lowest BCUT2D eigenvalue weighted by molar-refractivity contribution is -0.161. The molecule has 0 aromatic heterocycles. The molecule has 19 heteroatoms. The zero-order valence-corrected chi connectivity index (χ0v) is 40.8. The lowest BCUT2D eigenvalue weighted by atomic mass is 10.1. The number of hydrogen-bond donors (Lipinski definition) is 3. The highest BCUT2D eigenvalue weighted by Gasteiger charge is 2.30. The van der Waals surface area contributed by atoms with Crippen LogP contribution in [-0.4, -0.2) is 96.7 Å². The molecule has 0 aliphatic heterocycles. The van der Waals surface area contributed by atoms with Crippen molar-refractivity contribution >= 4 is 39.5 Å². The summed E-state index contributed by atoms with van der Waals surface area (Å²) in [5.41, 5.74) is 0. The number of carbonyl (C=O) groups is 4. The van der Waals surface area contributed by atoms with Crippen molar-refractivity contribution in [2.75, 3.05) is 39.6 Å². The summed E-state index contributed by atoms with van der Waals surface area (Å²) in [5, 5.41) is 10.3. The Morgan fingerprint density at radius 1 is 0.381 bits per heavy atom. The third-order valence-corrected chi connectivity index (χ3v) is 11.8. The highest BCUT2D eigenvalue weighted by atomic mass is 31.2. The average Bonchev–Trinajstić information content (AvgIpc) is 3.24. The van der Waals surface area contributed by atoms with Crippen molar-refractivity contribution in [3.63, 3.8) is 0 Å². The number of rotatable bonds is 45. The number of aliphatic hydroxyl groups is 1. The molecular formula is C44H84O17P2. The van der Waals surface area contributed by atoms with E-state index in [-0.39, 0.29) is 25.7 Å². The summed E-state index contributed by atoms with van der Waals surface area (Å²) >= 11 is 0. The van der Waals surface area contributed by atoms with Crippen molar-refractivity contribution in [3.05, 3.63) is 0 Å². The minimum Gasteiger partial charge on any atom is -0.462 e. The largest absolute Gasteiger partial charge is 0.472 e. The molecule has 0 aromatic carbocycles. The van der Waals surface area contributed by atoms with E-state index < -0.39 is 97.5 Å². The van der Waals surface area contributed by atoms with Gasteiger partial charge in [-0.2, -0.15) is 0 Å². The molecule has 0 rings (SSSR count). The molecule has 0 aliphatic rings. The molecule has 0 spiro atoms. The summed E-state index contributed by atoms with van der Waals surface area (Å²) in [6, 6.07) is 0. The third-order valence-electron chi connectivity index (χ3n) is 9.85. The molecule has 0 aliphatic carbocycles. The van der Waals surface area contributed by atoms with E-state index in [0.717, 1.165) is 83.5 Å². The van der Waals surface area contributed by atoms with E-state index in [1.165, 1.54) is 38.5 Å². The first kappa shape index (κ1) is 61.1. The zero-order chi connectivity index (χ0) is 47.0. The maximum absolute atomic E-state index is 12.7. The SMILES string of the molecule is CCCCCCCCCCCC(=O)OC[C@H](COP(=O)(O)OC[C@@H](O)COP(=O)(O)OC[C@@H](COC(=O)CCCCCCCCC)OC(=O)CCCCC)OC(=O)CCCCCC. The Balaban J connectivity index is 5.01. The van der Waals surface area contributed by atoms with Crippen LogP contribution >= 0.6 is 15.6 Å². The molecule has 0 fully saturated rings. The molecule has 2 unspecified atom stereocenters. The van der Waals surface area contributed by atoms with Gasteiger partial charge in [0.1, 0.15) is 19.3 Å². The van der Waals surface area contributed by atoms with Gasteiger partial charge in [-0.3, -0.25) is 37.3 Å². The van der Waals surface area contributed by atoms with Gasteiger partial charge in [0.2, 0.25) is 0 Å². The number of hydrogen-bond acceptors (Lipinski definition) is 15. The Hall–Kier alpha value is -1.94. The van der Waals surface area contributed by atoms with Crippen LogP contribution in [0.3, 0.4) is 0 Å². The molecule has 5 atom stereocenters. The van der Waals surface area contributed by atoms with E-state index in [0.29, 0.717) is 25.7 Å². The van der Waals surface area contributed by atoms with Crippen molar-refractivity contribution in [1.29, 1.82) is 0 Å². The summed E-state index contributed by atoms with van der Waals surface area (Å²) < 4.78 is 66.3. The molecule has 0 bridgehead atoms. The zero-order valence-electron chi connectivity index (χ0n) is 39.0. The summed E-state index contributed by atoms with van der Waals surface area (Å²) in [6.45, 7) is 4.35. The predicted molar refractivity (Wildman–Crippen MR) is 238 cm³/mol. The highest BCUT2D eigenvalue weighted by Crippen LogP contribution is 2.45. The van der Waals surface area contributed by atoms with Crippen LogP contribution in [0, 0.1) is 0 Å². The molecule has 0 amide bonds. The van der Waals surface area contributed by atoms with Crippen LogP contribution < -0.4 is 0 Å². The normalized spacial score (nSPS) is 14.8. The minimum atomic E-state index is -4.90. The number of esters is 4. The summed E-state index contributed by atoms with van der Waals surface area (Å²) in [5.74, 6) is -2.21. The monoisotopic (exact) mass is 947 g/mol. The van der Waals surface area contributed by atoms with Gasteiger partial charge in [0, 0.05) is 25.7 Å². The molecule has 0 aromatic rings. The Bertz CT molecular complexity index is 1270. The van der Waals surface area contributed by atoms with Gasteiger partial charge >= 0.3 is 39.5 Å². The summed E-state index contributed by atoms with van der Waals surface area (Å²) in [4.78, 5) is 70.2. The molecule has 17 nitrogen and oxygen atoms in total. The van der Waals surface area contributed by atoms with E-state index in [9.17, 15) is 43.2 Å². The number of carbonyl (C=O) groups excluding carboxylic acids is 4. The van der Waals surface area contributed by atoms with Crippen LogP contribution in [0.4, 0.5) is 0 Å². The van der Waals surface area contributed by atoms with E-state index in [1.807, 2.05) is 13.8 Å². The van der Waals surface area contributed by atoms with E-state index in [1.54, 1.807) is 0 Å². The molecule has 3 N–H and O–H groups in total. The lowest BCUT2D eigenvalue weighted by Gasteiger charge is -2.21. The fraction of sp³-hybridized carbons (Fsp3) is 0.909. The van der Waals surface area contributed by atoms with Crippen LogP contribution in [-0.2, 0) is 65.4 Å². The fourth-order valence-corrected chi connectivity index (χ4v) is 7.68. The van der Waals surface area contributed by atoms with E-state index in [4.69, 9.17) is 37.0 Å². The van der Waals surface area contributed by atoms with Gasteiger partial charge in [-0.25, -0.2) is 9.13 Å². The second-order valence-electron chi connectivity index (χ2n) is 16.1. The predicted octanol–water partition coefficient (Wildman–Crippen LogP) is 10.1. The number of ether oxygens (including phenoxy) is 4. The Labute approximate surface area is 377 Å². The average molecular weight is 947 g/mol. The number of phosphoric acid groups is 2. The maximum Gasteiger partial charge on any atom is 0.472 e. The molecule has 0 saturated heterocycles. The number of phosphoric ester groups is 2. The van der Waals surface area contributed by atoms with Crippen molar-refractivity contribution in [1.82, 2.24) is 0 Å². The van der Waals surface area contributed by atoms with Gasteiger partial charge in [-0.1, -0.05) is 150 Å². The van der Waals surface area contributed by atoms with E-state index in [2.05, 4.69) is 13.8 Å². The van der Waals surface area contributed by atoms with Gasteiger partial charge < -0.3 is 33.8 Å². The minimum absolute atomic E-state index is 0.0893. The van der Waals surface area contributed by atoms with Crippen LogP contribution in [0.2, 0.25) is 0 Å². The molecule has 0 radical (unpaired) electrons. The number of aliphatic hydroxyl groups excluding tert-OH is 1. The summed E-state index contributed by atoms with van der Waals surface area (Å²) in [7, 11) is -9.81. The van der Waals surface area contributed by atoms with Gasteiger partial charge in [0.25, 0.3) is 0 Å². The van der Waals surface area contributed by atoms with Gasteiger partial charge in [-0.05, 0) is 25.7 Å². The van der Waals surface area contributed by atoms with Crippen LogP contribution in [0.25, 0.3) is 0 Å². The van der Waals surface area contributed by atoms with Gasteiger partial charge in [0.15, 0.2) is 12.2 Å². The second kappa shape index (κ2) is 40.3. The first-order valence-corrected chi connectivity index (χ1v) is 26.8. The van der Waals surface area contributed by atoms with Crippen LogP contribution in [0.1, 0.15) is 201 Å². The standard InChI is InChI=1S/C44H84O17P2/c1-5-9-13-16-18-19-21-23-27-29-42(47)55-35-40(61-44(49)31-25-15-11-7-3)37-59-63(52,53)57-33-38(45)32-56-62(50,51)58-36-39(60-43(48)30-24-12-8-4)34-54-41(46)28-26-22-20-17-14-10-6-2/h38-40,45H,5-37H2,1-4H3,(H,50,51)(H,52,53)/t38-,39+,40+/m0/s1. The lowest BCUT2D eigenvalue weighted by Crippen LogP contribution is -2.30. The van der Waals surface area contributed by atoms with E-state index >= 15 is 0 Å². The number of unbranched alkanes of at least 4 members (excludes halogenated alkanes) is 19. The van der Waals surface area contributed by atoms with Crippen molar-refractivity contribution in [3.8, 4) is 0 Å². The first-order valence-electron chi connectivity index (χ1n) is 23.8. The van der Waals surface area contributed by atoms with Crippen molar-refractivity contribution < 1.29 is 80.2 Å². The third kappa shape index (κ3) is 40.1. The molecule has 0 saturated carbocycles. The Morgan fingerprint density at radius 2 is 0.635 bits per heavy atom. The van der Waals surface area contributed by atoms with Gasteiger partial charge in [-0.15, -0.1) is 0 Å². The molecule has 0 heterocycles. The highest BCUT2D eigenvalue weighted by molar-refractivity contribution is 7.47. The van der Waals surface area contributed by atoms with Crippen LogP contribution in [0.15, 0.2) is 0 Å².